The van der Waals surface area contributed by atoms with E-state index >= 15 is 0 Å². The molecule has 0 fully saturated rings. The molecule has 0 radical (unpaired) electrons. The van der Waals surface area contributed by atoms with Crippen LogP contribution in [0.1, 0.15) is 10.6 Å². The number of allylic oxidation sites excluding steroid dienone is 2. The molecule has 2 heterocycles. The molecule has 2 aromatic rings. The minimum Gasteiger partial charge on any atom is -0.290 e. The van der Waals surface area contributed by atoms with Crippen molar-refractivity contribution in [3.05, 3.63) is 48.3 Å². The van der Waals surface area contributed by atoms with Crippen LogP contribution in [0.5, 0.6) is 0 Å². The Kier molecular flexibility index (Phi) is 2.33. The third kappa shape index (κ3) is 1.32. The zero-order valence-electron chi connectivity index (χ0n) is 7.68. The van der Waals surface area contributed by atoms with Crippen molar-refractivity contribution >= 4 is 28.4 Å². The van der Waals surface area contributed by atoms with Crippen LogP contribution in [-0.2, 0) is 0 Å². The molecule has 0 amide bonds. The highest BCUT2D eigenvalue weighted by Crippen LogP contribution is 2.24. The Bertz CT molecular complexity index is 502. The normalized spacial score (nSPS) is 11.1. The number of fused-ring (bicyclic) bond motifs is 1. The molecule has 2 rings (SSSR count). The Morgan fingerprint density at radius 3 is 3.00 bits per heavy atom. The molecule has 70 valence electrons. The van der Waals surface area contributed by atoms with Gasteiger partial charge in [0.05, 0.1) is 10.6 Å². The highest BCUT2D eigenvalue weighted by molar-refractivity contribution is 7.18. The summed E-state index contributed by atoms with van der Waals surface area (Å²) in [5, 5.41) is 0. The number of hydrogen-bond acceptors (Lipinski definition) is 2. The quantitative estimate of drug-likeness (QED) is 0.698. The maximum absolute atomic E-state index is 4.23. The Labute approximate surface area is 86.5 Å². The second-order valence-electron chi connectivity index (χ2n) is 2.73. The predicted molar refractivity (Wildman–Crippen MR) is 62.4 cm³/mol. The highest BCUT2D eigenvalue weighted by Gasteiger charge is 2.06. The van der Waals surface area contributed by atoms with Crippen molar-refractivity contribution < 1.29 is 0 Å². The predicted octanol–water partition coefficient (Wildman–Crippen LogP) is 3.24. The molecule has 3 heteroatoms. The first-order valence-corrected chi connectivity index (χ1v) is 5.06. The molecule has 14 heavy (non-hydrogen) atoms. The van der Waals surface area contributed by atoms with E-state index in [1.54, 1.807) is 23.6 Å². The van der Waals surface area contributed by atoms with E-state index < -0.39 is 0 Å². The average Bonchev–Trinajstić information content (AvgIpc) is 2.73. The fourth-order valence-corrected chi connectivity index (χ4v) is 2.29. The second kappa shape index (κ2) is 3.64. The first kappa shape index (κ1) is 8.97. The van der Waals surface area contributed by atoms with Crippen LogP contribution in [0.25, 0.3) is 17.1 Å². The van der Waals surface area contributed by atoms with Crippen molar-refractivity contribution in [3.8, 4) is 0 Å². The molecule has 0 atom stereocenters. The average molecular weight is 202 g/mol. The summed E-state index contributed by atoms with van der Waals surface area (Å²) in [5.41, 5.74) is 1.08. The summed E-state index contributed by atoms with van der Waals surface area (Å²) >= 11 is 1.64. The fraction of sp³-hybridized carbons (Fsp3) is 0. The van der Waals surface area contributed by atoms with Crippen LogP contribution >= 0.6 is 11.3 Å². The molecule has 0 bridgehead atoms. The first-order chi connectivity index (χ1) is 6.86. The summed E-state index contributed by atoms with van der Waals surface area (Å²) in [6.07, 6.45) is 11.3. The van der Waals surface area contributed by atoms with Gasteiger partial charge in [0.15, 0.2) is 4.96 Å². The van der Waals surface area contributed by atoms with Crippen LogP contribution in [0, 0.1) is 0 Å². The summed E-state index contributed by atoms with van der Waals surface area (Å²) in [5.74, 6) is 0. The molecule has 0 unspecified atom stereocenters. The van der Waals surface area contributed by atoms with Crippen molar-refractivity contribution in [2.75, 3.05) is 0 Å². The van der Waals surface area contributed by atoms with Gasteiger partial charge in [-0.25, -0.2) is 4.98 Å². The van der Waals surface area contributed by atoms with Gasteiger partial charge >= 0.3 is 0 Å². The van der Waals surface area contributed by atoms with Gasteiger partial charge in [0.1, 0.15) is 0 Å². The Morgan fingerprint density at radius 2 is 2.29 bits per heavy atom. The van der Waals surface area contributed by atoms with Crippen LogP contribution in [0.4, 0.5) is 0 Å². The number of thiazole rings is 1. The minimum absolute atomic E-state index is 0.989. The third-order valence-corrected chi connectivity index (χ3v) is 2.95. The van der Waals surface area contributed by atoms with E-state index in [9.17, 15) is 0 Å². The summed E-state index contributed by atoms with van der Waals surface area (Å²) in [7, 11) is 0. The summed E-state index contributed by atoms with van der Waals surface area (Å²) in [6, 6.07) is 0. The lowest BCUT2D eigenvalue weighted by atomic mass is 10.3. The van der Waals surface area contributed by atoms with E-state index in [1.165, 1.54) is 0 Å². The second-order valence-corrected chi connectivity index (χ2v) is 3.74. The molecular formula is C11H10N2S. The van der Waals surface area contributed by atoms with Gasteiger partial charge in [0.2, 0.25) is 0 Å². The third-order valence-electron chi connectivity index (χ3n) is 1.90. The number of rotatable bonds is 3. The van der Waals surface area contributed by atoms with Gasteiger partial charge in [-0.15, -0.1) is 0 Å². The van der Waals surface area contributed by atoms with Gasteiger partial charge < -0.3 is 0 Å². The molecule has 0 N–H and O–H groups in total. The lowest BCUT2D eigenvalue weighted by Gasteiger charge is -1.91. The number of nitrogens with zero attached hydrogens (tertiary/aromatic N) is 2. The van der Waals surface area contributed by atoms with E-state index in [2.05, 4.69) is 18.1 Å². The Balaban J connectivity index is 2.63. The monoisotopic (exact) mass is 202 g/mol. The molecule has 0 aliphatic rings. The molecular weight excluding hydrogens is 192 g/mol. The molecule has 0 spiro atoms. The topological polar surface area (TPSA) is 17.3 Å². The number of hydrogen-bond donors (Lipinski definition) is 0. The largest absolute Gasteiger partial charge is 0.290 e. The van der Waals surface area contributed by atoms with E-state index in [0.29, 0.717) is 0 Å². The molecule has 2 nitrogen and oxygen atoms in total. The highest BCUT2D eigenvalue weighted by atomic mass is 32.1. The Hall–Kier alpha value is -1.61. The van der Waals surface area contributed by atoms with Crippen molar-refractivity contribution in [1.82, 2.24) is 9.38 Å². The maximum Gasteiger partial charge on any atom is 0.194 e. The smallest absolute Gasteiger partial charge is 0.194 e. The summed E-state index contributed by atoms with van der Waals surface area (Å²) < 4.78 is 2.03. The number of aromatic nitrogens is 2. The van der Waals surface area contributed by atoms with E-state index in [-0.39, 0.29) is 0 Å². The van der Waals surface area contributed by atoms with Crippen LogP contribution in [0.2, 0.25) is 0 Å². The van der Waals surface area contributed by atoms with Gasteiger partial charge in [0.25, 0.3) is 0 Å². The van der Waals surface area contributed by atoms with Crippen molar-refractivity contribution in [2.24, 2.45) is 0 Å². The SMILES string of the molecule is C=C/C=C\c1sc2nccn2c1C=C. The van der Waals surface area contributed by atoms with Gasteiger partial charge in [-0.3, -0.25) is 4.40 Å². The number of imidazole rings is 1. The van der Waals surface area contributed by atoms with Crippen LogP contribution in [0.15, 0.2) is 37.7 Å². The van der Waals surface area contributed by atoms with Crippen LogP contribution in [-0.4, -0.2) is 9.38 Å². The van der Waals surface area contributed by atoms with Gasteiger partial charge in [-0.1, -0.05) is 36.6 Å². The van der Waals surface area contributed by atoms with E-state index in [1.807, 2.05) is 28.8 Å². The summed E-state index contributed by atoms with van der Waals surface area (Å²) in [6.45, 7) is 7.44. The zero-order chi connectivity index (χ0) is 9.97. The lowest BCUT2D eigenvalue weighted by molar-refractivity contribution is 1.20. The standard InChI is InChI=1S/C11H10N2S/c1-3-5-6-10-9(4-2)13-8-7-12-11(13)14-10/h3-8H,1-2H2/b6-5-. The van der Waals surface area contributed by atoms with Crippen LogP contribution in [0.3, 0.4) is 0 Å². The van der Waals surface area contributed by atoms with Gasteiger partial charge in [0, 0.05) is 12.4 Å². The van der Waals surface area contributed by atoms with E-state index in [0.717, 1.165) is 15.5 Å². The lowest BCUT2D eigenvalue weighted by Crippen LogP contribution is -1.81. The molecule has 0 aliphatic heterocycles. The molecule has 0 aliphatic carbocycles. The molecule has 0 aromatic carbocycles. The maximum atomic E-state index is 4.23. The molecule has 2 aromatic heterocycles. The van der Waals surface area contributed by atoms with Gasteiger partial charge in [-0.05, 0) is 12.2 Å². The first-order valence-electron chi connectivity index (χ1n) is 4.24. The summed E-state index contributed by atoms with van der Waals surface area (Å²) in [4.78, 5) is 6.38. The van der Waals surface area contributed by atoms with Crippen molar-refractivity contribution in [1.29, 1.82) is 0 Å². The van der Waals surface area contributed by atoms with Gasteiger partial charge in [-0.2, -0.15) is 0 Å². The molecule has 0 saturated heterocycles. The van der Waals surface area contributed by atoms with Crippen molar-refractivity contribution in [2.45, 2.75) is 0 Å². The Morgan fingerprint density at radius 1 is 1.43 bits per heavy atom. The fourth-order valence-electron chi connectivity index (χ4n) is 1.29. The van der Waals surface area contributed by atoms with E-state index in [4.69, 9.17) is 0 Å². The van der Waals surface area contributed by atoms with Crippen molar-refractivity contribution in [3.63, 3.8) is 0 Å². The minimum atomic E-state index is 0.989. The van der Waals surface area contributed by atoms with Crippen LogP contribution < -0.4 is 0 Å². The zero-order valence-corrected chi connectivity index (χ0v) is 8.50. The molecule has 0 saturated carbocycles.